The van der Waals surface area contributed by atoms with Crippen molar-refractivity contribution >= 4 is 33.5 Å². The largest absolute Gasteiger partial charge is 0.299 e. The van der Waals surface area contributed by atoms with Gasteiger partial charge in [0.15, 0.2) is 0 Å². The normalized spacial score (nSPS) is 20.0. The molecule has 0 amide bonds. The second kappa shape index (κ2) is 3.46. The third kappa shape index (κ3) is 1.67. The number of ketones is 1. The highest BCUT2D eigenvalue weighted by molar-refractivity contribution is 9.10. The van der Waals surface area contributed by atoms with Crippen LogP contribution in [0.5, 0.6) is 0 Å². The van der Waals surface area contributed by atoms with Gasteiger partial charge < -0.3 is 0 Å². The average Bonchev–Trinajstić information content (AvgIpc) is 2.46. The van der Waals surface area contributed by atoms with E-state index in [1.165, 1.54) is 10.5 Å². The number of carbonyl (C=O) groups is 1. The number of hydrogen-bond acceptors (Lipinski definition) is 2. The molecule has 1 atom stereocenters. The van der Waals surface area contributed by atoms with E-state index in [1.807, 2.05) is 6.07 Å². The van der Waals surface area contributed by atoms with Crippen molar-refractivity contribution in [1.29, 1.82) is 0 Å². The van der Waals surface area contributed by atoms with Crippen molar-refractivity contribution in [3.8, 4) is 0 Å². The molecule has 0 bridgehead atoms. The Labute approximate surface area is 90.0 Å². The van der Waals surface area contributed by atoms with Crippen molar-refractivity contribution in [3.05, 3.63) is 28.2 Å². The predicted molar refractivity (Wildman–Crippen MR) is 58.3 cm³/mol. The van der Waals surface area contributed by atoms with E-state index >= 15 is 0 Å². The summed E-state index contributed by atoms with van der Waals surface area (Å²) in [5, 5.41) is 0. The van der Waals surface area contributed by atoms with E-state index in [-0.39, 0.29) is 11.7 Å². The van der Waals surface area contributed by atoms with Gasteiger partial charge in [-0.25, -0.2) is 0 Å². The Morgan fingerprint density at radius 1 is 1.62 bits per heavy atom. The first-order chi connectivity index (χ1) is 6.18. The Bertz CT molecular complexity index is 362. The van der Waals surface area contributed by atoms with Crippen LogP contribution in [0.3, 0.4) is 0 Å². The molecule has 0 fully saturated rings. The van der Waals surface area contributed by atoms with Gasteiger partial charge in [0.25, 0.3) is 0 Å². The van der Waals surface area contributed by atoms with Crippen LogP contribution in [0.2, 0.25) is 0 Å². The maximum Gasteiger partial charge on any atom is 0.138 e. The summed E-state index contributed by atoms with van der Waals surface area (Å²) in [6.45, 7) is 1.67. The number of Topliss-reactive ketones (excluding diaryl/α,β-unsaturated/α-hetero) is 1. The lowest BCUT2D eigenvalue weighted by molar-refractivity contribution is -0.117. The number of rotatable bonds is 1. The predicted octanol–water partition coefficient (Wildman–Crippen LogP) is 3.23. The summed E-state index contributed by atoms with van der Waals surface area (Å²) >= 11 is 5.19. The van der Waals surface area contributed by atoms with Crippen molar-refractivity contribution in [2.24, 2.45) is 0 Å². The molecule has 0 spiro atoms. The quantitative estimate of drug-likeness (QED) is 0.768. The molecule has 1 aromatic rings. The van der Waals surface area contributed by atoms with Crippen LogP contribution in [0.4, 0.5) is 0 Å². The molecular formula is C10H9BrOS. The summed E-state index contributed by atoms with van der Waals surface area (Å²) in [5.74, 6) is 1.28. The third-order valence-electron chi connectivity index (χ3n) is 2.24. The van der Waals surface area contributed by atoms with E-state index < -0.39 is 0 Å². The van der Waals surface area contributed by atoms with Gasteiger partial charge in [-0.2, -0.15) is 0 Å². The summed E-state index contributed by atoms with van der Waals surface area (Å²) in [5.41, 5.74) is 1.19. The van der Waals surface area contributed by atoms with Gasteiger partial charge in [-0.3, -0.25) is 4.79 Å². The minimum atomic E-state index is 0.109. The Balaban J connectivity index is 2.46. The highest BCUT2D eigenvalue weighted by atomic mass is 79.9. The molecule has 0 N–H and O–H groups in total. The second-order valence-corrected chi connectivity index (χ2v) is 5.13. The monoisotopic (exact) mass is 256 g/mol. The molecule has 0 saturated heterocycles. The van der Waals surface area contributed by atoms with E-state index in [4.69, 9.17) is 0 Å². The van der Waals surface area contributed by atoms with Gasteiger partial charge in [-0.1, -0.05) is 15.9 Å². The van der Waals surface area contributed by atoms with Gasteiger partial charge in [-0.15, -0.1) is 11.8 Å². The molecular weight excluding hydrogens is 248 g/mol. The van der Waals surface area contributed by atoms with Crippen molar-refractivity contribution < 1.29 is 4.79 Å². The molecule has 3 heteroatoms. The highest BCUT2D eigenvalue weighted by Crippen LogP contribution is 2.40. The molecule has 13 heavy (non-hydrogen) atoms. The molecule has 0 saturated carbocycles. The summed E-state index contributed by atoms with van der Waals surface area (Å²) in [6.07, 6.45) is 0. The zero-order chi connectivity index (χ0) is 9.42. The smallest absolute Gasteiger partial charge is 0.138 e. The van der Waals surface area contributed by atoms with E-state index in [2.05, 4.69) is 28.1 Å². The molecule has 2 rings (SSSR count). The molecule has 1 aliphatic rings. The minimum Gasteiger partial charge on any atom is -0.299 e. The topological polar surface area (TPSA) is 17.1 Å². The van der Waals surface area contributed by atoms with Crippen LogP contribution in [-0.4, -0.2) is 11.5 Å². The number of hydrogen-bond donors (Lipinski definition) is 0. The van der Waals surface area contributed by atoms with Crippen molar-refractivity contribution in [3.63, 3.8) is 0 Å². The Hall–Kier alpha value is -0.280. The lowest BCUT2D eigenvalue weighted by Gasteiger charge is -2.05. The third-order valence-corrected chi connectivity index (χ3v) is 3.92. The second-order valence-electron chi connectivity index (χ2n) is 3.16. The first kappa shape index (κ1) is 9.28. The van der Waals surface area contributed by atoms with Crippen LogP contribution < -0.4 is 0 Å². The maximum atomic E-state index is 11.3. The summed E-state index contributed by atoms with van der Waals surface area (Å²) in [4.78, 5) is 12.5. The average molecular weight is 257 g/mol. The number of benzene rings is 1. The minimum absolute atomic E-state index is 0.109. The van der Waals surface area contributed by atoms with Crippen LogP contribution in [0.25, 0.3) is 0 Å². The first-order valence-corrected chi connectivity index (χ1v) is 5.89. The zero-order valence-corrected chi connectivity index (χ0v) is 9.61. The SMILES string of the molecule is CC(=O)C1CSc2ccc(Br)cc21. The molecule has 0 aliphatic carbocycles. The summed E-state index contributed by atoms with van der Waals surface area (Å²) < 4.78 is 1.06. The molecule has 0 radical (unpaired) electrons. The van der Waals surface area contributed by atoms with E-state index in [9.17, 15) is 4.79 Å². The van der Waals surface area contributed by atoms with Crippen LogP contribution in [0, 0.1) is 0 Å². The van der Waals surface area contributed by atoms with Crippen molar-refractivity contribution in [2.45, 2.75) is 17.7 Å². The number of carbonyl (C=O) groups excluding carboxylic acids is 1. The van der Waals surface area contributed by atoms with Gasteiger partial charge in [-0.05, 0) is 30.7 Å². The van der Waals surface area contributed by atoms with Crippen LogP contribution in [-0.2, 0) is 4.79 Å². The number of fused-ring (bicyclic) bond motifs is 1. The van der Waals surface area contributed by atoms with E-state index in [0.717, 1.165) is 10.2 Å². The summed E-state index contributed by atoms with van der Waals surface area (Å²) in [7, 11) is 0. The molecule has 1 heterocycles. The molecule has 1 aliphatic heterocycles. The molecule has 0 aromatic heterocycles. The highest BCUT2D eigenvalue weighted by Gasteiger charge is 2.26. The van der Waals surface area contributed by atoms with Gasteiger partial charge >= 0.3 is 0 Å². The van der Waals surface area contributed by atoms with Gasteiger partial charge in [0.1, 0.15) is 5.78 Å². The first-order valence-electron chi connectivity index (χ1n) is 4.11. The summed E-state index contributed by atoms with van der Waals surface area (Å²) in [6, 6.07) is 6.16. The van der Waals surface area contributed by atoms with Crippen LogP contribution in [0.15, 0.2) is 27.6 Å². The Kier molecular flexibility index (Phi) is 2.47. The Morgan fingerprint density at radius 2 is 2.38 bits per heavy atom. The van der Waals surface area contributed by atoms with Crippen molar-refractivity contribution in [2.75, 3.05) is 5.75 Å². The van der Waals surface area contributed by atoms with Crippen LogP contribution in [0.1, 0.15) is 18.4 Å². The standard InChI is InChI=1S/C10H9BrOS/c1-6(12)9-5-13-10-3-2-7(11)4-8(9)10/h2-4,9H,5H2,1H3. The lowest BCUT2D eigenvalue weighted by atomic mass is 9.98. The van der Waals surface area contributed by atoms with Gasteiger partial charge in [0.2, 0.25) is 0 Å². The molecule has 68 valence electrons. The molecule has 1 aromatic carbocycles. The van der Waals surface area contributed by atoms with Crippen LogP contribution >= 0.6 is 27.7 Å². The number of thioether (sulfide) groups is 1. The molecule has 1 unspecified atom stereocenters. The maximum absolute atomic E-state index is 11.3. The van der Waals surface area contributed by atoms with Gasteiger partial charge in [0.05, 0.1) is 5.92 Å². The van der Waals surface area contributed by atoms with Crippen molar-refractivity contribution in [1.82, 2.24) is 0 Å². The fourth-order valence-electron chi connectivity index (χ4n) is 1.52. The van der Waals surface area contributed by atoms with Gasteiger partial charge in [0, 0.05) is 15.1 Å². The zero-order valence-electron chi connectivity index (χ0n) is 7.21. The fourth-order valence-corrected chi connectivity index (χ4v) is 3.19. The Morgan fingerprint density at radius 3 is 3.08 bits per heavy atom. The fraction of sp³-hybridized carbons (Fsp3) is 0.300. The number of halogens is 1. The van der Waals surface area contributed by atoms with E-state index in [1.54, 1.807) is 18.7 Å². The molecule has 1 nitrogen and oxygen atoms in total. The van der Waals surface area contributed by atoms with E-state index in [0.29, 0.717) is 0 Å². The lowest BCUT2D eigenvalue weighted by Crippen LogP contribution is -2.07.